The summed E-state index contributed by atoms with van der Waals surface area (Å²) in [5.41, 5.74) is 1.07. The van der Waals surface area contributed by atoms with Crippen molar-refractivity contribution in [3.05, 3.63) is 35.5 Å². The second-order valence-corrected chi connectivity index (χ2v) is 3.35. The van der Waals surface area contributed by atoms with Gasteiger partial charge in [0.1, 0.15) is 0 Å². The van der Waals surface area contributed by atoms with Gasteiger partial charge in [-0.15, -0.1) is 0 Å². The quantitative estimate of drug-likeness (QED) is 0.672. The van der Waals surface area contributed by atoms with Gasteiger partial charge in [0.05, 0.1) is 10.5 Å². The molecule has 14 heavy (non-hydrogen) atoms. The number of rotatable bonds is 1. The lowest BCUT2D eigenvalue weighted by Gasteiger charge is -2.02. The first kappa shape index (κ1) is 9.46. The van der Waals surface area contributed by atoms with Crippen LogP contribution in [-0.4, -0.2) is 22.2 Å². The predicted molar refractivity (Wildman–Crippen MR) is 56.6 cm³/mol. The Bertz CT molecular complexity index is 475. The third kappa shape index (κ3) is 1.59. The Hall–Kier alpha value is -1.10. The van der Waals surface area contributed by atoms with Crippen molar-refractivity contribution >= 4 is 35.1 Å². The van der Waals surface area contributed by atoms with Crippen LogP contribution in [0.5, 0.6) is 0 Å². The van der Waals surface area contributed by atoms with Crippen LogP contribution in [0, 0.1) is 0 Å². The SMILES string of the molecule is OB(O)c1ccc2c(Cl)ccnc2c1. The molecule has 0 fully saturated rings. The second-order valence-electron chi connectivity index (χ2n) is 2.94. The zero-order valence-corrected chi connectivity index (χ0v) is 7.94. The molecule has 0 saturated carbocycles. The molecular formula is C9H7BClNO2. The lowest BCUT2D eigenvalue weighted by Crippen LogP contribution is -2.29. The van der Waals surface area contributed by atoms with Gasteiger partial charge < -0.3 is 10.0 Å². The Kier molecular flexibility index (Phi) is 2.41. The summed E-state index contributed by atoms with van der Waals surface area (Å²) in [5.74, 6) is 0. The number of benzene rings is 1. The van der Waals surface area contributed by atoms with Gasteiger partial charge in [-0.05, 0) is 17.6 Å². The van der Waals surface area contributed by atoms with Crippen LogP contribution in [0.3, 0.4) is 0 Å². The van der Waals surface area contributed by atoms with Gasteiger partial charge in [-0.3, -0.25) is 4.98 Å². The summed E-state index contributed by atoms with van der Waals surface area (Å²) in [4.78, 5) is 4.08. The lowest BCUT2D eigenvalue weighted by molar-refractivity contribution is 0.426. The zero-order valence-electron chi connectivity index (χ0n) is 7.18. The van der Waals surface area contributed by atoms with E-state index in [0.717, 1.165) is 5.39 Å². The first-order valence-corrected chi connectivity index (χ1v) is 4.46. The van der Waals surface area contributed by atoms with Crippen molar-refractivity contribution in [2.45, 2.75) is 0 Å². The van der Waals surface area contributed by atoms with E-state index in [1.165, 1.54) is 0 Å². The Morgan fingerprint density at radius 2 is 2.00 bits per heavy atom. The van der Waals surface area contributed by atoms with Crippen molar-refractivity contribution in [3.8, 4) is 0 Å². The van der Waals surface area contributed by atoms with E-state index < -0.39 is 7.12 Å². The molecule has 1 aromatic heterocycles. The first-order valence-electron chi connectivity index (χ1n) is 4.09. The van der Waals surface area contributed by atoms with E-state index in [2.05, 4.69) is 4.98 Å². The van der Waals surface area contributed by atoms with Gasteiger partial charge in [0.2, 0.25) is 0 Å². The largest absolute Gasteiger partial charge is 0.488 e. The molecule has 0 aliphatic carbocycles. The third-order valence-corrected chi connectivity index (χ3v) is 2.34. The summed E-state index contributed by atoms with van der Waals surface area (Å²) in [6.45, 7) is 0. The van der Waals surface area contributed by atoms with Crippen LogP contribution in [0.15, 0.2) is 30.5 Å². The zero-order chi connectivity index (χ0) is 10.1. The van der Waals surface area contributed by atoms with Crippen LogP contribution in [0.25, 0.3) is 10.9 Å². The molecule has 0 atom stereocenters. The van der Waals surface area contributed by atoms with Crippen LogP contribution in [0.1, 0.15) is 0 Å². The van der Waals surface area contributed by atoms with Crippen molar-refractivity contribution < 1.29 is 10.0 Å². The van der Waals surface area contributed by atoms with Crippen LogP contribution in [0.4, 0.5) is 0 Å². The maximum Gasteiger partial charge on any atom is 0.488 e. The van der Waals surface area contributed by atoms with Gasteiger partial charge in [-0.1, -0.05) is 23.7 Å². The number of halogens is 1. The highest BCUT2D eigenvalue weighted by Crippen LogP contribution is 2.19. The van der Waals surface area contributed by atoms with E-state index >= 15 is 0 Å². The highest BCUT2D eigenvalue weighted by molar-refractivity contribution is 6.59. The van der Waals surface area contributed by atoms with Crippen LogP contribution in [0.2, 0.25) is 5.02 Å². The Morgan fingerprint density at radius 3 is 2.71 bits per heavy atom. The Balaban J connectivity index is 2.67. The maximum absolute atomic E-state index is 8.95. The molecule has 0 spiro atoms. The minimum absolute atomic E-state index is 0.410. The summed E-state index contributed by atoms with van der Waals surface area (Å²) >= 11 is 5.92. The molecule has 0 bridgehead atoms. The molecule has 0 unspecified atom stereocenters. The summed E-state index contributed by atoms with van der Waals surface area (Å²) in [6, 6.07) is 6.63. The van der Waals surface area contributed by atoms with E-state index in [1.807, 2.05) is 0 Å². The number of hydrogen-bond acceptors (Lipinski definition) is 3. The summed E-state index contributed by atoms with van der Waals surface area (Å²) in [7, 11) is -1.47. The molecule has 0 aliphatic heterocycles. The van der Waals surface area contributed by atoms with Crippen molar-refractivity contribution in [1.82, 2.24) is 4.98 Å². The highest BCUT2D eigenvalue weighted by atomic mass is 35.5. The highest BCUT2D eigenvalue weighted by Gasteiger charge is 2.11. The number of fused-ring (bicyclic) bond motifs is 1. The Labute approximate surface area is 86.1 Å². The molecule has 0 amide bonds. The van der Waals surface area contributed by atoms with Crippen LogP contribution in [-0.2, 0) is 0 Å². The van der Waals surface area contributed by atoms with Crippen LogP contribution < -0.4 is 5.46 Å². The molecule has 3 nitrogen and oxygen atoms in total. The fourth-order valence-corrected chi connectivity index (χ4v) is 1.51. The van der Waals surface area contributed by atoms with Gasteiger partial charge in [-0.2, -0.15) is 0 Å². The van der Waals surface area contributed by atoms with Crippen molar-refractivity contribution in [2.24, 2.45) is 0 Å². The number of aromatic nitrogens is 1. The second kappa shape index (κ2) is 3.57. The number of pyridine rings is 1. The summed E-state index contributed by atoms with van der Waals surface area (Å²) in [5, 5.41) is 19.3. The average molecular weight is 207 g/mol. The molecule has 70 valence electrons. The fourth-order valence-electron chi connectivity index (χ4n) is 1.29. The van der Waals surface area contributed by atoms with Crippen molar-refractivity contribution in [3.63, 3.8) is 0 Å². The van der Waals surface area contributed by atoms with Gasteiger partial charge in [0.15, 0.2) is 0 Å². The van der Waals surface area contributed by atoms with E-state index in [1.54, 1.807) is 30.5 Å². The molecule has 5 heteroatoms. The van der Waals surface area contributed by atoms with E-state index in [9.17, 15) is 0 Å². The van der Waals surface area contributed by atoms with E-state index in [-0.39, 0.29) is 0 Å². The monoisotopic (exact) mass is 207 g/mol. The smallest absolute Gasteiger partial charge is 0.423 e. The molecule has 1 aromatic carbocycles. The van der Waals surface area contributed by atoms with Gasteiger partial charge in [-0.25, -0.2) is 0 Å². The predicted octanol–water partition coefficient (Wildman–Crippen LogP) is 0.568. The molecular weight excluding hydrogens is 200 g/mol. The van der Waals surface area contributed by atoms with Gasteiger partial charge in [0, 0.05) is 11.6 Å². The molecule has 0 aliphatic rings. The van der Waals surface area contributed by atoms with E-state index in [0.29, 0.717) is 16.0 Å². The maximum atomic E-state index is 8.95. The minimum Gasteiger partial charge on any atom is -0.423 e. The average Bonchev–Trinajstić information content (AvgIpc) is 2.17. The molecule has 2 N–H and O–H groups in total. The molecule has 2 rings (SSSR count). The normalized spacial score (nSPS) is 10.5. The lowest BCUT2D eigenvalue weighted by atomic mass is 9.80. The standard InChI is InChI=1S/C9H7BClNO2/c11-8-3-4-12-9-5-6(10(13)14)1-2-7(8)9/h1-5,13-14H. The minimum atomic E-state index is -1.47. The summed E-state index contributed by atoms with van der Waals surface area (Å²) < 4.78 is 0. The van der Waals surface area contributed by atoms with Crippen molar-refractivity contribution in [2.75, 3.05) is 0 Å². The van der Waals surface area contributed by atoms with Crippen molar-refractivity contribution in [1.29, 1.82) is 0 Å². The molecule has 2 aromatic rings. The first-order chi connectivity index (χ1) is 6.68. The third-order valence-electron chi connectivity index (χ3n) is 2.01. The fraction of sp³-hybridized carbons (Fsp3) is 0. The Morgan fingerprint density at radius 1 is 1.21 bits per heavy atom. The topological polar surface area (TPSA) is 53.4 Å². The number of nitrogens with zero attached hydrogens (tertiary/aromatic N) is 1. The molecule has 0 saturated heterocycles. The number of hydrogen-bond donors (Lipinski definition) is 2. The van der Waals surface area contributed by atoms with Gasteiger partial charge >= 0.3 is 7.12 Å². The molecule has 1 heterocycles. The van der Waals surface area contributed by atoms with Crippen LogP contribution >= 0.6 is 11.6 Å². The van der Waals surface area contributed by atoms with Gasteiger partial charge in [0.25, 0.3) is 0 Å². The summed E-state index contributed by atoms with van der Waals surface area (Å²) in [6.07, 6.45) is 1.58. The van der Waals surface area contributed by atoms with E-state index in [4.69, 9.17) is 21.6 Å². The molecule has 0 radical (unpaired) electrons.